The maximum absolute atomic E-state index is 3.34. The summed E-state index contributed by atoms with van der Waals surface area (Å²) in [5.41, 5.74) is 0. The van der Waals surface area contributed by atoms with Crippen LogP contribution in [0.5, 0.6) is 0 Å². The minimum absolute atomic E-state index is 1.18. The third-order valence-corrected chi connectivity index (χ3v) is 1.13. The third-order valence-electron chi connectivity index (χ3n) is 1.13. The standard InChI is InChI=1S/C7H17N.C3H8.C2H6/c1-3-5-7-8-6-4-2;1-3-2;1-2/h8H,3-7H2,1-2H3;3H2,1-2H3;1-2H3. The zero-order valence-corrected chi connectivity index (χ0v) is 10.7. The lowest BCUT2D eigenvalue weighted by Crippen LogP contribution is -2.15. The molecule has 13 heavy (non-hydrogen) atoms. The van der Waals surface area contributed by atoms with E-state index >= 15 is 0 Å². The Morgan fingerprint density at radius 3 is 1.54 bits per heavy atom. The Kier molecular flexibility index (Phi) is 42.6. The summed E-state index contributed by atoms with van der Waals surface area (Å²) in [6, 6.07) is 0. The quantitative estimate of drug-likeness (QED) is 0.638. The highest BCUT2D eigenvalue weighted by Crippen LogP contribution is 1.81. The molecule has 0 aromatic rings. The van der Waals surface area contributed by atoms with Gasteiger partial charge in [0.05, 0.1) is 0 Å². The van der Waals surface area contributed by atoms with E-state index in [-0.39, 0.29) is 0 Å². The summed E-state index contributed by atoms with van der Waals surface area (Å²) in [5.74, 6) is 0. The fourth-order valence-electron chi connectivity index (χ4n) is 0.604. The molecule has 0 aliphatic heterocycles. The van der Waals surface area contributed by atoms with E-state index in [1.54, 1.807) is 0 Å². The molecule has 1 N–H and O–H groups in total. The highest BCUT2D eigenvalue weighted by atomic mass is 14.8. The van der Waals surface area contributed by atoms with Gasteiger partial charge in [0.1, 0.15) is 0 Å². The molecule has 0 bridgehead atoms. The number of hydrogen-bond acceptors (Lipinski definition) is 1. The molecule has 0 atom stereocenters. The van der Waals surface area contributed by atoms with Crippen molar-refractivity contribution in [2.75, 3.05) is 13.1 Å². The molecular formula is C12H31N. The molecule has 0 aromatic heterocycles. The van der Waals surface area contributed by atoms with E-state index in [0.29, 0.717) is 0 Å². The molecule has 0 saturated heterocycles. The van der Waals surface area contributed by atoms with Crippen LogP contribution in [0.4, 0.5) is 0 Å². The maximum atomic E-state index is 3.34. The molecule has 0 aromatic carbocycles. The first-order chi connectivity index (χ1) is 6.33. The van der Waals surface area contributed by atoms with E-state index in [9.17, 15) is 0 Å². The van der Waals surface area contributed by atoms with Crippen molar-refractivity contribution in [2.45, 2.75) is 67.2 Å². The molecule has 0 aliphatic rings. The summed E-state index contributed by atoms with van der Waals surface area (Å²) in [5, 5.41) is 3.34. The van der Waals surface area contributed by atoms with Crippen LogP contribution in [0.2, 0.25) is 0 Å². The zero-order valence-electron chi connectivity index (χ0n) is 10.7. The fraction of sp³-hybridized carbons (Fsp3) is 1.00. The van der Waals surface area contributed by atoms with Gasteiger partial charge in [-0.2, -0.15) is 0 Å². The van der Waals surface area contributed by atoms with Gasteiger partial charge in [0, 0.05) is 0 Å². The van der Waals surface area contributed by atoms with Crippen LogP contribution < -0.4 is 5.32 Å². The van der Waals surface area contributed by atoms with Crippen molar-refractivity contribution >= 4 is 0 Å². The average Bonchev–Trinajstić information content (AvgIpc) is 2.17. The summed E-state index contributed by atoms with van der Waals surface area (Å²) < 4.78 is 0. The van der Waals surface area contributed by atoms with Gasteiger partial charge in [-0.15, -0.1) is 0 Å². The Bertz CT molecular complexity index is 38.4. The lowest BCUT2D eigenvalue weighted by atomic mass is 10.3. The van der Waals surface area contributed by atoms with Gasteiger partial charge in [-0.3, -0.25) is 0 Å². The first-order valence-corrected chi connectivity index (χ1v) is 6.04. The first kappa shape index (κ1) is 18.7. The van der Waals surface area contributed by atoms with Gasteiger partial charge in [-0.1, -0.05) is 54.4 Å². The molecule has 0 fully saturated rings. The second kappa shape index (κ2) is 29.7. The lowest BCUT2D eigenvalue weighted by molar-refractivity contribution is 0.633. The Morgan fingerprint density at radius 1 is 0.769 bits per heavy atom. The lowest BCUT2D eigenvalue weighted by Gasteiger charge is -1.98. The van der Waals surface area contributed by atoms with Crippen molar-refractivity contribution < 1.29 is 0 Å². The first-order valence-electron chi connectivity index (χ1n) is 6.04. The Labute approximate surface area is 86.3 Å². The minimum Gasteiger partial charge on any atom is -0.317 e. The van der Waals surface area contributed by atoms with Crippen LogP contribution in [0.1, 0.15) is 67.2 Å². The molecule has 1 heteroatoms. The summed E-state index contributed by atoms with van der Waals surface area (Å²) in [4.78, 5) is 0. The Hall–Kier alpha value is -0.0400. The van der Waals surface area contributed by atoms with Crippen molar-refractivity contribution in [3.05, 3.63) is 0 Å². The molecular weight excluding hydrogens is 158 g/mol. The van der Waals surface area contributed by atoms with E-state index in [1.807, 2.05) is 13.8 Å². The molecule has 0 unspecified atom stereocenters. The van der Waals surface area contributed by atoms with Gasteiger partial charge >= 0.3 is 0 Å². The van der Waals surface area contributed by atoms with Crippen LogP contribution in [-0.2, 0) is 0 Å². The number of nitrogens with one attached hydrogen (secondary N) is 1. The molecule has 1 nitrogen and oxygen atoms in total. The number of hydrogen-bond donors (Lipinski definition) is 1. The van der Waals surface area contributed by atoms with Crippen LogP contribution in [0.25, 0.3) is 0 Å². The Morgan fingerprint density at radius 2 is 1.23 bits per heavy atom. The van der Waals surface area contributed by atoms with Gasteiger partial charge in [-0.05, 0) is 25.9 Å². The minimum atomic E-state index is 1.18. The highest BCUT2D eigenvalue weighted by Gasteiger charge is 1.80. The Balaban J connectivity index is -0.000000169. The highest BCUT2D eigenvalue weighted by molar-refractivity contribution is 4.43. The SMILES string of the molecule is CC.CCC.CCCCNCCC. The van der Waals surface area contributed by atoms with Gasteiger partial charge in [0.25, 0.3) is 0 Å². The fourth-order valence-corrected chi connectivity index (χ4v) is 0.604. The van der Waals surface area contributed by atoms with Crippen LogP contribution in [0.15, 0.2) is 0 Å². The van der Waals surface area contributed by atoms with E-state index in [0.717, 1.165) is 0 Å². The normalized spacial score (nSPS) is 7.85. The van der Waals surface area contributed by atoms with E-state index in [2.05, 4.69) is 33.0 Å². The van der Waals surface area contributed by atoms with E-state index < -0.39 is 0 Å². The summed E-state index contributed by atoms with van der Waals surface area (Å²) >= 11 is 0. The third kappa shape index (κ3) is 48.2. The number of unbranched alkanes of at least 4 members (excludes halogenated alkanes) is 1. The molecule has 0 spiro atoms. The van der Waals surface area contributed by atoms with Gasteiger partial charge in [-0.25, -0.2) is 0 Å². The van der Waals surface area contributed by atoms with Gasteiger partial charge in [0.15, 0.2) is 0 Å². The molecule has 0 amide bonds. The monoisotopic (exact) mass is 189 g/mol. The van der Waals surface area contributed by atoms with Crippen LogP contribution in [0, 0.1) is 0 Å². The molecule has 0 rings (SSSR count). The maximum Gasteiger partial charge on any atom is -0.00490 e. The van der Waals surface area contributed by atoms with Crippen molar-refractivity contribution in [3.63, 3.8) is 0 Å². The predicted molar refractivity (Wildman–Crippen MR) is 65.4 cm³/mol. The van der Waals surface area contributed by atoms with Crippen molar-refractivity contribution in [1.29, 1.82) is 0 Å². The molecule has 0 aliphatic carbocycles. The van der Waals surface area contributed by atoms with Crippen molar-refractivity contribution in [1.82, 2.24) is 5.32 Å². The topological polar surface area (TPSA) is 12.0 Å². The second-order valence-corrected chi connectivity index (χ2v) is 2.81. The van der Waals surface area contributed by atoms with E-state index in [4.69, 9.17) is 0 Å². The largest absolute Gasteiger partial charge is 0.317 e. The van der Waals surface area contributed by atoms with Gasteiger partial charge < -0.3 is 5.32 Å². The van der Waals surface area contributed by atoms with Gasteiger partial charge in [0.2, 0.25) is 0 Å². The molecule has 0 radical (unpaired) electrons. The van der Waals surface area contributed by atoms with Crippen LogP contribution in [0.3, 0.4) is 0 Å². The zero-order chi connectivity index (χ0) is 10.9. The predicted octanol–water partition coefficient (Wildman–Crippen LogP) is 4.23. The molecule has 0 heterocycles. The molecule has 0 saturated carbocycles. The molecule has 84 valence electrons. The van der Waals surface area contributed by atoms with Crippen LogP contribution >= 0.6 is 0 Å². The number of rotatable bonds is 5. The smallest absolute Gasteiger partial charge is 0.00490 e. The van der Waals surface area contributed by atoms with E-state index in [1.165, 1.54) is 38.8 Å². The average molecular weight is 189 g/mol. The van der Waals surface area contributed by atoms with Crippen molar-refractivity contribution in [3.8, 4) is 0 Å². The summed E-state index contributed by atoms with van der Waals surface area (Å²) in [6.45, 7) is 15.0. The van der Waals surface area contributed by atoms with Crippen molar-refractivity contribution in [2.24, 2.45) is 0 Å². The van der Waals surface area contributed by atoms with Crippen LogP contribution in [-0.4, -0.2) is 13.1 Å². The second-order valence-electron chi connectivity index (χ2n) is 2.81. The summed E-state index contributed by atoms with van der Waals surface area (Å²) in [6.07, 6.45) is 5.13. The summed E-state index contributed by atoms with van der Waals surface area (Å²) in [7, 11) is 0.